The molecule has 23 heavy (non-hydrogen) atoms. The number of nitrogens with one attached hydrogen (secondary N) is 1. The van der Waals surface area contributed by atoms with E-state index >= 15 is 0 Å². The molecular weight excluding hydrogens is 319 g/mol. The predicted octanol–water partition coefficient (Wildman–Crippen LogP) is 4.04. The number of rotatable bonds is 5. The zero-order valence-corrected chi connectivity index (χ0v) is 13.4. The Labute approximate surface area is 139 Å². The van der Waals surface area contributed by atoms with Crippen LogP contribution >= 0.6 is 11.6 Å². The molecule has 1 saturated heterocycles. The van der Waals surface area contributed by atoms with Gasteiger partial charge < -0.3 is 14.8 Å². The first-order chi connectivity index (χ1) is 11.2. The molecule has 1 fully saturated rings. The van der Waals surface area contributed by atoms with E-state index in [0.29, 0.717) is 29.9 Å². The van der Waals surface area contributed by atoms with Crippen LogP contribution in [0.4, 0.5) is 4.39 Å². The van der Waals surface area contributed by atoms with Crippen molar-refractivity contribution in [2.75, 3.05) is 19.7 Å². The largest absolute Gasteiger partial charge is 0.488 e. The van der Waals surface area contributed by atoms with Crippen molar-refractivity contribution in [2.24, 2.45) is 5.92 Å². The highest BCUT2D eigenvalue weighted by Crippen LogP contribution is 2.31. The number of aromatic nitrogens is 1. The fourth-order valence-corrected chi connectivity index (χ4v) is 2.61. The van der Waals surface area contributed by atoms with Gasteiger partial charge >= 0.3 is 0 Å². The molecule has 6 heteroatoms. The molecule has 1 aromatic heterocycles. The summed E-state index contributed by atoms with van der Waals surface area (Å²) in [7, 11) is 0. The van der Waals surface area contributed by atoms with Crippen molar-refractivity contribution in [2.45, 2.75) is 12.8 Å². The maximum absolute atomic E-state index is 13.5. The van der Waals surface area contributed by atoms with E-state index in [-0.39, 0.29) is 5.02 Å². The number of hydrogen-bond acceptors (Lipinski definition) is 4. The molecule has 1 aliphatic heterocycles. The highest BCUT2D eigenvalue weighted by molar-refractivity contribution is 6.30. The zero-order valence-electron chi connectivity index (χ0n) is 12.6. The Balaban J connectivity index is 1.68. The van der Waals surface area contributed by atoms with E-state index < -0.39 is 5.82 Å². The fourth-order valence-electron chi connectivity index (χ4n) is 2.49. The van der Waals surface area contributed by atoms with Crippen molar-refractivity contribution < 1.29 is 13.9 Å². The number of pyridine rings is 1. The zero-order chi connectivity index (χ0) is 16.1. The quantitative estimate of drug-likeness (QED) is 0.894. The van der Waals surface area contributed by atoms with E-state index in [1.54, 1.807) is 24.4 Å². The number of halogens is 2. The molecule has 0 saturated carbocycles. The van der Waals surface area contributed by atoms with Gasteiger partial charge in [0.15, 0.2) is 5.75 Å². The summed E-state index contributed by atoms with van der Waals surface area (Å²) in [4.78, 5) is 4.17. The number of benzene rings is 1. The van der Waals surface area contributed by atoms with Crippen LogP contribution in [0.15, 0.2) is 36.5 Å². The fraction of sp³-hybridized carbons (Fsp3) is 0.353. The van der Waals surface area contributed by atoms with Gasteiger partial charge in [-0.25, -0.2) is 9.37 Å². The van der Waals surface area contributed by atoms with E-state index in [2.05, 4.69) is 10.3 Å². The highest BCUT2D eigenvalue weighted by Gasteiger charge is 2.15. The van der Waals surface area contributed by atoms with Crippen molar-refractivity contribution in [3.63, 3.8) is 0 Å². The minimum Gasteiger partial charge on any atom is -0.488 e. The van der Waals surface area contributed by atoms with Crippen LogP contribution in [0, 0.1) is 11.7 Å². The molecule has 122 valence electrons. The Bertz CT molecular complexity index is 663. The van der Waals surface area contributed by atoms with Crippen LogP contribution in [0.3, 0.4) is 0 Å². The summed E-state index contributed by atoms with van der Waals surface area (Å²) in [6.45, 7) is 2.63. The molecule has 0 amide bonds. The van der Waals surface area contributed by atoms with Crippen LogP contribution in [0.1, 0.15) is 12.8 Å². The van der Waals surface area contributed by atoms with Gasteiger partial charge in [0.25, 0.3) is 5.88 Å². The van der Waals surface area contributed by atoms with Crippen molar-refractivity contribution in [3.8, 4) is 17.4 Å². The van der Waals surface area contributed by atoms with Crippen LogP contribution in [-0.2, 0) is 0 Å². The number of hydrogen-bond donors (Lipinski definition) is 1. The molecule has 0 unspecified atom stereocenters. The lowest BCUT2D eigenvalue weighted by Gasteiger charge is -2.23. The third kappa shape index (κ3) is 4.33. The van der Waals surface area contributed by atoms with E-state index in [1.807, 2.05) is 0 Å². The van der Waals surface area contributed by atoms with Gasteiger partial charge in [-0.2, -0.15) is 0 Å². The third-order valence-corrected chi connectivity index (χ3v) is 4.02. The predicted molar refractivity (Wildman–Crippen MR) is 86.8 cm³/mol. The molecular formula is C17H18ClFN2O2. The second-order valence-electron chi connectivity index (χ2n) is 5.51. The smallest absolute Gasteiger partial charge is 0.262 e. The summed E-state index contributed by atoms with van der Waals surface area (Å²) in [5.41, 5.74) is 0. The van der Waals surface area contributed by atoms with Crippen molar-refractivity contribution >= 4 is 11.6 Å². The number of nitrogens with zero attached hydrogens (tertiary/aromatic N) is 1. The molecule has 0 radical (unpaired) electrons. The maximum atomic E-state index is 13.5. The van der Waals surface area contributed by atoms with Gasteiger partial charge in [0.2, 0.25) is 0 Å². The van der Waals surface area contributed by atoms with Crippen LogP contribution in [0.25, 0.3) is 0 Å². The van der Waals surface area contributed by atoms with E-state index in [1.165, 1.54) is 12.1 Å². The lowest BCUT2D eigenvalue weighted by molar-refractivity contribution is 0.211. The van der Waals surface area contributed by atoms with Crippen molar-refractivity contribution in [1.82, 2.24) is 10.3 Å². The Morgan fingerprint density at radius 1 is 1.35 bits per heavy atom. The summed E-state index contributed by atoms with van der Waals surface area (Å²) >= 11 is 5.67. The molecule has 1 atom stereocenters. The van der Waals surface area contributed by atoms with Gasteiger partial charge in [-0.15, -0.1) is 0 Å². The normalized spacial score (nSPS) is 17.7. The Kier molecular flexibility index (Phi) is 5.31. The molecule has 0 spiro atoms. The summed E-state index contributed by atoms with van der Waals surface area (Å²) in [6, 6.07) is 7.85. The first-order valence-electron chi connectivity index (χ1n) is 7.64. The van der Waals surface area contributed by atoms with Gasteiger partial charge in [0.05, 0.1) is 11.6 Å². The molecule has 1 N–H and O–H groups in total. The van der Waals surface area contributed by atoms with Gasteiger partial charge in [0, 0.05) is 24.7 Å². The lowest BCUT2D eigenvalue weighted by Crippen LogP contribution is -2.33. The van der Waals surface area contributed by atoms with Crippen molar-refractivity contribution in [1.29, 1.82) is 0 Å². The second-order valence-corrected chi connectivity index (χ2v) is 5.92. The minimum absolute atomic E-state index is 0.0552. The molecule has 2 heterocycles. The molecule has 0 bridgehead atoms. The SMILES string of the molecule is Fc1cc(Oc2ncccc2OC[C@H]2CCCNC2)ccc1Cl. The minimum atomic E-state index is -0.532. The molecule has 1 aliphatic rings. The first-order valence-corrected chi connectivity index (χ1v) is 8.01. The summed E-state index contributed by atoms with van der Waals surface area (Å²) < 4.78 is 25.0. The Hall–Kier alpha value is -1.85. The molecule has 2 aromatic rings. The van der Waals surface area contributed by atoms with Crippen molar-refractivity contribution in [3.05, 3.63) is 47.4 Å². The molecule has 3 rings (SSSR count). The summed E-state index contributed by atoms with van der Waals surface area (Å²) in [5, 5.41) is 3.41. The molecule has 4 nitrogen and oxygen atoms in total. The molecule has 1 aromatic carbocycles. The third-order valence-electron chi connectivity index (χ3n) is 3.72. The summed E-state index contributed by atoms with van der Waals surface area (Å²) in [6.07, 6.45) is 3.91. The average Bonchev–Trinajstić information content (AvgIpc) is 2.58. The average molecular weight is 337 g/mol. The monoisotopic (exact) mass is 336 g/mol. The van der Waals surface area contributed by atoms with Gasteiger partial charge in [-0.05, 0) is 43.7 Å². The first kappa shape index (κ1) is 16.0. The maximum Gasteiger partial charge on any atom is 0.262 e. The lowest BCUT2D eigenvalue weighted by atomic mass is 10.0. The van der Waals surface area contributed by atoms with E-state index in [9.17, 15) is 4.39 Å². The van der Waals surface area contributed by atoms with Gasteiger partial charge in [-0.3, -0.25) is 0 Å². The highest BCUT2D eigenvalue weighted by atomic mass is 35.5. The van der Waals surface area contributed by atoms with E-state index in [4.69, 9.17) is 21.1 Å². The number of piperidine rings is 1. The van der Waals surface area contributed by atoms with Gasteiger partial charge in [-0.1, -0.05) is 11.6 Å². The van der Waals surface area contributed by atoms with Crippen LogP contribution in [-0.4, -0.2) is 24.7 Å². The molecule has 0 aliphatic carbocycles. The van der Waals surface area contributed by atoms with Crippen LogP contribution in [0.5, 0.6) is 17.4 Å². The second kappa shape index (κ2) is 7.62. The summed E-state index contributed by atoms with van der Waals surface area (Å²) in [5.74, 6) is 1.14. The Morgan fingerprint density at radius 2 is 2.26 bits per heavy atom. The van der Waals surface area contributed by atoms with Gasteiger partial charge in [0.1, 0.15) is 11.6 Å². The van der Waals surface area contributed by atoms with E-state index in [0.717, 1.165) is 25.9 Å². The van der Waals surface area contributed by atoms with Crippen LogP contribution < -0.4 is 14.8 Å². The standard InChI is InChI=1S/C17H18ClFN2O2/c18-14-6-5-13(9-15(14)19)23-17-16(4-2-8-21-17)22-11-12-3-1-7-20-10-12/h2,4-6,8-9,12,20H,1,3,7,10-11H2/t12-/m0/s1. The Morgan fingerprint density at radius 3 is 3.04 bits per heavy atom. The number of ether oxygens (including phenoxy) is 2. The van der Waals surface area contributed by atoms with Crippen LogP contribution in [0.2, 0.25) is 5.02 Å². The topological polar surface area (TPSA) is 43.4 Å².